The van der Waals surface area contributed by atoms with Crippen LogP contribution in [0.25, 0.3) is 0 Å². The van der Waals surface area contributed by atoms with E-state index in [1.54, 1.807) is 4.90 Å². The van der Waals surface area contributed by atoms with Gasteiger partial charge in [0.25, 0.3) is 0 Å². The van der Waals surface area contributed by atoms with Crippen LogP contribution in [0.1, 0.15) is 0 Å². The Morgan fingerprint density at radius 3 is 2.77 bits per heavy atom. The zero-order valence-corrected chi connectivity index (χ0v) is 7.45. The quantitative estimate of drug-likeness (QED) is 0.595. The average molecular weight is 186 g/mol. The molecule has 2 amide bonds. The topological polar surface area (TPSA) is 61.8 Å². The number of urea groups is 1. The Kier molecular flexibility index (Phi) is 2.13. The molecule has 2 heterocycles. The third-order valence-electron chi connectivity index (χ3n) is 2.62. The maximum absolute atomic E-state index is 11.2. The van der Waals surface area contributed by atoms with E-state index in [1.807, 2.05) is 0 Å². The van der Waals surface area contributed by atoms with Crippen molar-refractivity contribution in [1.82, 2.24) is 10.2 Å². The average Bonchev–Trinajstić information content (AvgIpc) is 2.44. The largest absolute Gasteiger partial charge is 0.396 e. The lowest BCUT2D eigenvalue weighted by Crippen LogP contribution is -2.53. The van der Waals surface area contributed by atoms with Crippen LogP contribution >= 0.6 is 0 Å². The summed E-state index contributed by atoms with van der Waals surface area (Å²) in [6.07, 6.45) is 0. The van der Waals surface area contributed by atoms with Crippen molar-refractivity contribution in [2.45, 2.75) is 0 Å². The maximum atomic E-state index is 11.2. The molecule has 5 nitrogen and oxygen atoms in total. The molecular weight excluding hydrogens is 172 g/mol. The van der Waals surface area contributed by atoms with Gasteiger partial charge in [0.2, 0.25) is 0 Å². The Labute approximate surface area is 76.7 Å². The molecule has 2 fully saturated rings. The van der Waals surface area contributed by atoms with Gasteiger partial charge in [0.15, 0.2) is 0 Å². The molecule has 2 aliphatic heterocycles. The number of ether oxygens (including phenoxy) is 1. The second-order valence-corrected chi connectivity index (χ2v) is 3.80. The van der Waals surface area contributed by atoms with E-state index in [-0.39, 0.29) is 18.1 Å². The van der Waals surface area contributed by atoms with Gasteiger partial charge in [-0.1, -0.05) is 0 Å². The van der Waals surface area contributed by atoms with Gasteiger partial charge in [-0.3, -0.25) is 0 Å². The Morgan fingerprint density at radius 1 is 1.62 bits per heavy atom. The lowest BCUT2D eigenvalue weighted by Gasteiger charge is -2.41. The van der Waals surface area contributed by atoms with Gasteiger partial charge in [0, 0.05) is 19.6 Å². The lowest BCUT2D eigenvalue weighted by molar-refractivity contribution is -0.143. The fraction of sp³-hybridized carbons (Fsp3) is 0.875. The number of hydrogen-bond acceptors (Lipinski definition) is 3. The second-order valence-electron chi connectivity index (χ2n) is 3.80. The van der Waals surface area contributed by atoms with Crippen molar-refractivity contribution >= 4 is 6.03 Å². The van der Waals surface area contributed by atoms with Gasteiger partial charge in [-0.2, -0.15) is 0 Å². The van der Waals surface area contributed by atoms with E-state index in [2.05, 4.69) is 5.32 Å². The highest BCUT2D eigenvalue weighted by Gasteiger charge is 2.41. The van der Waals surface area contributed by atoms with Crippen LogP contribution in [-0.4, -0.2) is 55.5 Å². The number of carbonyl (C=O) groups excluding carboxylic acids is 1. The number of amides is 2. The Balaban J connectivity index is 1.92. The predicted octanol–water partition coefficient (Wildman–Crippen LogP) is -0.980. The van der Waals surface area contributed by atoms with Crippen LogP contribution in [0, 0.1) is 5.41 Å². The zero-order chi connectivity index (χ0) is 9.31. The minimum absolute atomic E-state index is 0.0280. The van der Waals surface area contributed by atoms with Crippen LogP contribution in [0.4, 0.5) is 4.79 Å². The van der Waals surface area contributed by atoms with E-state index in [4.69, 9.17) is 9.84 Å². The van der Waals surface area contributed by atoms with Crippen LogP contribution in [0.3, 0.4) is 0 Å². The summed E-state index contributed by atoms with van der Waals surface area (Å²) in [5.41, 5.74) is -0.193. The third kappa shape index (κ3) is 1.49. The molecular formula is C8H14N2O3. The fourth-order valence-corrected chi connectivity index (χ4v) is 1.69. The predicted molar refractivity (Wildman–Crippen MR) is 45.3 cm³/mol. The van der Waals surface area contributed by atoms with Crippen molar-refractivity contribution in [2.75, 3.05) is 39.5 Å². The molecule has 2 N–H and O–H groups in total. The number of nitrogens with zero attached hydrogens (tertiary/aromatic N) is 1. The first-order valence-corrected chi connectivity index (χ1v) is 4.47. The monoisotopic (exact) mass is 186 g/mol. The molecule has 0 bridgehead atoms. The molecule has 0 spiro atoms. The van der Waals surface area contributed by atoms with Crippen molar-refractivity contribution in [3.63, 3.8) is 0 Å². The van der Waals surface area contributed by atoms with E-state index >= 15 is 0 Å². The summed E-state index contributed by atoms with van der Waals surface area (Å²) in [5, 5.41) is 11.9. The third-order valence-corrected chi connectivity index (χ3v) is 2.62. The first-order chi connectivity index (χ1) is 6.26. The lowest BCUT2D eigenvalue weighted by atomic mass is 9.86. The van der Waals surface area contributed by atoms with E-state index < -0.39 is 0 Å². The van der Waals surface area contributed by atoms with Crippen molar-refractivity contribution in [3.8, 4) is 0 Å². The van der Waals surface area contributed by atoms with E-state index in [9.17, 15) is 4.79 Å². The normalized spacial score (nSPS) is 25.6. The molecule has 0 saturated carbocycles. The van der Waals surface area contributed by atoms with Crippen LogP contribution < -0.4 is 5.32 Å². The van der Waals surface area contributed by atoms with E-state index in [1.165, 1.54) is 0 Å². The molecule has 0 radical (unpaired) electrons. The molecule has 2 aliphatic rings. The van der Waals surface area contributed by atoms with Crippen molar-refractivity contribution in [2.24, 2.45) is 5.41 Å². The number of aliphatic hydroxyl groups excluding tert-OH is 1. The van der Waals surface area contributed by atoms with E-state index in [0.29, 0.717) is 26.3 Å². The number of rotatable bonds is 3. The smallest absolute Gasteiger partial charge is 0.317 e. The van der Waals surface area contributed by atoms with Crippen LogP contribution in [0.2, 0.25) is 0 Å². The molecule has 13 heavy (non-hydrogen) atoms. The van der Waals surface area contributed by atoms with Gasteiger partial charge in [-0.15, -0.1) is 0 Å². The maximum Gasteiger partial charge on any atom is 0.317 e. The standard InChI is InChI=1S/C8H14N2O3/c11-4-8(5-13-6-8)3-10-2-1-9-7(10)12/h11H,1-6H2,(H,9,12). The molecule has 5 heteroatoms. The highest BCUT2D eigenvalue weighted by Crippen LogP contribution is 2.28. The molecule has 2 saturated heterocycles. The fourth-order valence-electron chi connectivity index (χ4n) is 1.69. The highest BCUT2D eigenvalue weighted by molar-refractivity contribution is 5.76. The summed E-state index contributed by atoms with van der Waals surface area (Å²) in [5.74, 6) is 0. The van der Waals surface area contributed by atoms with Crippen molar-refractivity contribution in [1.29, 1.82) is 0 Å². The number of carbonyl (C=O) groups is 1. The minimum Gasteiger partial charge on any atom is -0.396 e. The summed E-state index contributed by atoms with van der Waals surface area (Å²) in [6.45, 7) is 3.27. The zero-order valence-electron chi connectivity index (χ0n) is 7.45. The van der Waals surface area contributed by atoms with Crippen molar-refractivity contribution in [3.05, 3.63) is 0 Å². The highest BCUT2D eigenvalue weighted by atomic mass is 16.5. The Morgan fingerprint density at radius 2 is 2.38 bits per heavy atom. The summed E-state index contributed by atoms with van der Waals surface area (Å²) in [7, 11) is 0. The Hall–Kier alpha value is -0.810. The van der Waals surface area contributed by atoms with Gasteiger partial charge >= 0.3 is 6.03 Å². The van der Waals surface area contributed by atoms with Gasteiger partial charge in [-0.25, -0.2) is 4.79 Å². The molecule has 2 rings (SSSR count). The first kappa shape index (κ1) is 8.77. The molecule has 0 unspecified atom stereocenters. The van der Waals surface area contributed by atoms with Crippen LogP contribution in [-0.2, 0) is 4.74 Å². The number of nitrogens with one attached hydrogen (secondary N) is 1. The van der Waals surface area contributed by atoms with Gasteiger partial charge in [-0.05, 0) is 0 Å². The summed E-state index contributed by atoms with van der Waals surface area (Å²) < 4.78 is 5.06. The van der Waals surface area contributed by atoms with Gasteiger partial charge in [0.1, 0.15) is 0 Å². The Bertz CT molecular complexity index is 210. The minimum atomic E-state index is -0.193. The van der Waals surface area contributed by atoms with Gasteiger partial charge < -0.3 is 20.1 Å². The summed E-state index contributed by atoms with van der Waals surface area (Å²) in [4.78, 5) is 12.9. The molecule has 0 aromatic carbocycles. The summed E-state index contributed by atoms with van der Waals surface area (Å²) >= 11 is 0. The van der Waals surface area contributed by atoms with E-state index in [0.717, 1.165) is 6.54 Å². The van der Waals surface area contributed by atoms with Crippen LogP contribution in [0.15, 0.2) is 0 Å². The first-order valence-electron chi connectivity index (χ1n) is 4.47. The molecule has 74 valence electrons. The van der Waals surface area contributed by atoms with Crippen molar-refractivity contribution < 1.29 is 14.6 Å². The van der Waals surface area contributed by atoms with Crippen LogP contribution in [0.5, 0.6) is 0 Å². The number of hydrogen-bond donors (Lipinski definition) is 2. The SMILES string of the molecule is O=C1NCCN1CC1(CO)COC1. The van der Waals surface area contributed by atoms with Gasteiger partial charge in [0.05, 0.1) is 25.2 Å². The molecule has 0 aromatic rings. The molecule has 0 atom stereocenters. The summed E-state index contributed by atoms with van der Waals surface area (Å²) in [6, 6.07) is -0.0280. The molecule has 0 aromatic heterocycles. The molecule has 0 aliphatic carbocycles. The number of aliphatic hydroxyl groups is 1. The second kappa shape index (κ2) is 3.16.